The van der Waals surface area contributed by atoms with E-state index in [1.165, 1.54) is 17.7 Å². The molecule has 0 radical (unpaired) electrons. The normalized spacial score (nSPS) is 12.1. The van der Waals surface area contributed by atoms with Crippen molar-refractivity contribution in [2.24, 2.45) is 5.10 Å². The largest absolute Gasteiger partial charge is 0.283 e. The molecule has 0 aromatic heterocycles. The molecular formula is C14H21FN2. The highest BCUT2D eigenvalue weighted by Crippen LogP contribution is 2.03. The van der Waals surface area contributed by atoms with Crippen LogP contribution in [-0.2, 0) is 0 Å². The summed E-state index contributed by atoms with van der Waals surface area (Å²) in [4.78, 5) is 0. The van der Waals surface area contributed by atoms with Gasteiger partial charge in [-0.15, -0.1) is 0 Å². The predicted octanol–water partition coefficient (Wildman–Crippen LogP) is 4.25. The van der Waals surface area contributed by atoms with Crippen LogP contribution in [0.4, 0.5) is 4.39 Å². The standard InChI is InChI=1S/C14H21FN2/c1-5-9-14(15)10-7-6-8-11-16-17-13(4)12(2)3/h5-7,9,11,17H,1,8,10H2,2-4H3/b7-6-,14-9+,16-11+. The van der Waals surface area contributed by atoms with Gasteiger partial charge in [0.05, 0.1) is 0 Å². The highest BCUT2D eigenvalue weighted by molar-refractivity contribution is 5.59. The van der Waals surface area contributed by atoms with Crippen LogP contribution in [0.5, 0.6) is 0 Å². The van der Waals surface area contributed by atoms with Crippen LogP contribution in [-0.4, -0.2) is 6.21 Å². The van der Waals surface area contributed by atoms with E-state index >= 15 is 0 Å². The summed E-state index contributed by atoms with van der Waals surface area (Å²) in [5.74, 6) is -0.188. The highest BCUT2D eigenvalue weighted by atomic mass is 19.1. The van der Waals surface area contributed by atoms with Crippen molar-refractivity contribution < 1.29 is 4.39 Å². The van der Waals surface area contributed by atoms with Gasteiger partial charge in [0.2, 0.25) is 0 Å². The number of nitrogens with one attached hydrogen (secondary N) is 1. The van der Waals surface area contributed by atoms with Gasteiger partial charge in [0.1, 0.15) is 5.83 Å². The van der Waals surface area contributed by atoms with E-state index in [0.29, 0.717) is 12.8 Å². The zero-order valence-electron chi connectivity index (χ0n) is 10.8. The maximum Gasteiger partial charge on any atom is 0.104 e. The predicted molar refractivity (Wildman–Crippen MR) is 73.4 cm³/mol. The van der Waals surface area contributed by atoms with E-state index in [1.54, 1.807) is 12.3 Å². The van der Waals surface area contributed by atoms with Gasteiger partial charge in [-0.25, -0.2) is 4.39 Å². The van der Waals surface area contributed by atoms with Gasteiger partial charge in [-0.1, -0.05) is 30.4 Å². The van der Waals surface area contributed by atoms with Gasteiger partial charge in [0.15, 0.2) is 0 Å². The molecule has 0 bridgehead atoms. The molecule has 0 amide bonds. The fraction of sp³-hybridized carbons (Fsp3) is 0.357. The van der Waals surface area contributed by atoms with Gasteiger partial charge in [0, 0.05) is 24.8 Å². The first kappa shape index (κ1) is 15.4. The summed E-state index contributed by atoms with van der Waals surface area (Å²) in [6.45, 7) is 9.44. The monoisotopic (exact) mass is 236 g/mol. The summed E-state index contributed by atoms with van der Waals surface area (Å²) < 4.78 is 12.9. The van der Waals surface area contributed by atoms with E-state index in [-0.39, 0.29) is 5.83 Å². The Morgan fingerprint density at radius 2 is 2.00 bits per heavy atom. The molecule has 0 saturated heterocycles. The lowest BCUT2D eigenvalue weighted by Crippen LogP contribution is -2.03. The molecule has 0 atom stereocenters. The number of nitrogens with zero attached hydrogens (tertiary/aromatic N) is 1. The maximum absolute atomic E-state index is 12.9. The van der Waals surface area contributed by atoms with E-state index in [4.69, 9.17) is 0 Å². The molecule has 1 N–H and O–H groups in total. The molecule has 2 nitrogen and oxygen atoms in total. The molecule has 0 aromatic carbocycles. The van der Waals surface area contributed by atoms with Crippen molar-refractivity contribution in [2.75, 3.05) is 0 Å². The molecule has 17 heavy (non-hydrogen) atoms. The van der Waals surface area contributed by atoms with Gasteiger partial charge < -0.3 is 0 Å². The van der Waals surface area contributed by atoms with Crippen molar-refractivity contribution in [3.63, 3.8) is 0 Å². The average Bonchev–Trinajstić information content (AvgIpc) is 2.27. The third-order valence-corrected chi connectivity index (χ3v) is 2.09. The van der Waals surface area contributed by atoms with Gasteiger partial charge in [-0.2, -0.15) is 5.10 Å². The fourth-order valence-corrected chi connectivity index (χ4v) is 0.856. The minimum absolute atomic E-state index is 0.188. The molecule has 94 valence electrons. The van der Waals surface area contributed by atoms with Crippen LogP contribution in [0.2, 0.25) is 0 Å². The van der Waals surface area contributed by atoms with Crippen LogP contribution in [0.3, 0.4) is 0 Å². The Morgan fingerprint density at radius 3 is 2.59 bits per heavy atom. The minimum atomic E-state index is -0.188. The van der Waals surface area contributed by atoms with Gasteiger partial charge in [-0.3, -0.25) is 5.43 Å². The first-order valence-corrected chi connectivity index (χ1v) is 5.61. The Bertz CT molecular complexity index is 345. The molecule has 0 saturated carbocycles. The van der Waals surface area contributed by atoms with Crippen LogP contribution < -0.4 is 5.43 Å². The highest BCUT2D eigenvalue weighted by Gasteiger charge is 1.87. The van der Waals surface area contributed by atoms with E-state index < -0.39 is 0 Å². The molecule has 0 aromatic rings. The molecule has 0 rings (SSSR count). The zero-order chi connectivity index (χ0) is 13.1. The summed E-state index contributed by atoms with van der Waals surface area (Å²) in [5.41, 5.74) is 5.17. The Balaban J connectivity index is 3.81. The molecule has 0 unspecified atom stereocenters. The molecule has 0 spiro atoms. The smallest absolute Gasteiger partial charge is 0.104 e. The van der Waals surface area contributed by atoms with Crippen LogP contribution in [0.25, 0.3) is 0 Å². The van der Waals surface area contributed by atoms with E-state index in [0.717, 1.165) is 5.70 Å². The Labute approximate surface area is 103 Å². The number of hydrazone groups is 1. The number of hydrogen-bond donors (Lipinski definition) is 1. The molecule has 0 heterocycles. The molecule has 0 aliphatic rings. The third-order valence-electron chi connectivity index (χ3n) is 2.09. The first-order valence-electron chi connectivity index (χ1n) is 5.61. The lowest BCUT2D eigenvalue weighted by atomic mass is 10.3. The van der Waals surface area contributed by atoms with Gasteiger partial charge >= 0.3 is 0 Å². The second kappa shape index (κ2) is 9.58. The molecule has 0 fully saturated rings. The van der Waals surface area contributed by atoms with Crippen LogP contribution >= 0.6 is 0 Å². The fourth-order valence-electron chi connectivity index (χ4n) is 0.856. The molecule has 3 heteroatoms. The van der Waals surface area contributed by atoms with Crippen LogP contribution in [0.15, 0.2) is 53.1 Å². The van der Waals surface area contributed by atoms with Crippen LogP contribution in [0.1, 0.15) is 33.6 Å². The maximum atomic E-state index is 12.9. The SMILES string of the molecule is C=C/C=C(/F)C/C=C\C/C=N/NC(C)=C(C)C. The second-order valence-electron chi connectivity index (χ2n) is 3.81. The summed E-state index contributed by atoms with van der Waals surface area (Å²) in [6, 6.07) is 0. The average molecular weight is 236 g/mol. The number of hydrogen-bond acceptors (Lipinski definition) is 2. The van der Waals surface area contributed by atoms with Crippen molar-refractivity contribution in [3.05, 3.63) is 48.0 Å². The molecular weight excluding hydrogens is 215 g/mol. The van der Waals surface area contributed by atoms with E-state index in [9.17, 15) is 4.39 Å². The Kier molecular flexibility index (Phi) is 8.65. The van der Waals surface area contributed by atoms with E-state index in [1.807, 2.05) is 26.8 Å². The van der Waals surface area contributed by atoms with Crippen molar-refractivity contribution in [3.8, 4) is 0 Å². The first-order chi connectivity index (χ1) is 8.07. The Hall–Kier alpha value is -1.64. The summed E-state index contributed by atoms with van der Waals surface area (Å²) >= 11 is 0. The Morgan fingerprint density at radius 1 is 1.29 bits per heavy atom. The van der Waals surface area contributed by atoms with Crippen LogP contribution in [0, 0.1) is 0 Å². The van der Waals surface area contributed by atoms with Crippen molar-refractivity contribution >= 4 is 6.21 Å². The van der Waals surface area contributed by atoms with E-state index in [2.05, 4.69) is 17.1 Å². The van der Waals surface area contributed by atoms with Gasteiger partial charge in [-0.05, 0) is 26.8 Å². The third kappa shape index (κ3) is 9.30. The van der Waals surface area contributed by atoms with Crippen molar-refractivity contribution in [2.45, 2.75) is 33.6 Å². The van der Waals surface area contributed by atoms with Gasteiger partial charge in [0.25, 0.3) is 0 Å². The lowest BCUT2D eigenvalue weighted by molar-refractivity contribution is 0.618. The van der Waals surface area contributed by atoms with Crippen molar-refractivity contribution in [1.29, 1.82) is 0 Å². The molecule has 0 aliphatic carbocycles. The quantitative estimate of drug-likeness (QED) is 0.304. The second-order valence-corrected chi connectivity index (χ2v) is 3.81. The summed E-state index contributed by atoms with van der Waals surface area (Å²) in [6.07, 6.45) is 9.19. The number of rotatable bonds is 7. The number of halogens is 1. The minimum Gasteiger partial charge on any atom is -0.283 e. The summed E-state index contributed by atoms with van der Waals surface area (Å²) in [5, 5.41) is 4.04. The topological polar surface area (TPSA) is 24.4 Å². The lowest BCUT2D eigenvalue weighted by Gasteiger charge is -2.00. The summed E-state index contributed by atoms with van der Waals surface area (Å²) in [7, 11) is 0. The molecule has 0 aliphatic heterocycles. The number of allylic oxidation sites excluding steroid dienone is 7. The van der Waals surface area contributed by atoms with Crippen molar-refractivity contribution in [1.82, 2.24) is 5.43 Å². The zero-order valence-corrected chi connectivity index (χ0v) is 10.8.